The van der Waals surface area contributed by atoms with E-state index < -0.39 is 11.9 Å². The molecule has 5 nitrogen and oxygen atoms in total. The predicted molar refractivity (Wildman–Crippen MR) is 156 cm³/mol. The molecule has 1 unspecified atom stereocenters. The molecule has 0 radical (unpaired) electrons. The average Bonchev–Trinajstić information content (AvgIpc) is 3.81. The summed E-state index contributed by atoms with van der Waals surface area (Å²) in [5, 5.41) is 9.76. The van der Waals surface area contributed by atoms with Crippen LogP contribution >= 0.6 is 0 Å². The van der Waals surface area contributed by atoms with Crippen LogP contribution in [0.25, 0.3) is 11.1 Å². The second kappa shape index (κ2) is 10.5. The van der Waals surface area contributed by atoms with E-state index >= 15 is 4.39 Å². The van der Waals surface area contributed by atoms with E-state index in [1.54, 1.807) is 0 Å². The fourth-order valence-electron chi connectivity index (χ4n) is 6.93. The van der Waals surface area contributed by atoms with Crippen molar-refractivity contribution in [3.05, 3.63) is 82.4 Å². The Hall–Kier alpha value is -3.25. The Kier molecular flexibility index (Phi) is 6.85. The van der Waals surface area contributed by atoms with Crippen LogP contribution in [0.3, 0.4) is 0 Å². The molecule has 6 heteroatoms. The zero-order chi connectivity index (χ0) is 28.2. The van der Waals surface area contributed by atoms with Gasteiger partial charge < -0.3 is 9.84 Å². The minimum atomic E-state index is -0.738. The number of halogens is 1. The Balaban J connectivity index is 1.21. The lowest BCUT2D eigenvalue weighted by Gasteiger charge is -2.30. The number of pyridine rings is 1. The smallest absolute Gasteiger partial charge is 0.306 e. The fraction of sp³-hybridized carbons (Fsp3) is 0.486. The molecule has 3 aliphatic carbocycles. The number of carboxylic acids is 1. The number of aryl methyl sites for hydroxylation is 2. The normalized spacial score (nSPS) is 21.7. The lowest BCUT2D eigenvalue weighted by molar-refractivity contribution is -0.142. The number of hydrogen-bond acceptors (Lipinski definition) is 4. The number of aromatic nitrogens is 1. The second-order valence-corrected chi connectivity index (χ2v) is 12.9. The molecule has 0 spiro atoms. The van der Waals surface area contributed by atoms with Crippen LogP contribution in [0.4, 0.5) is 4.39 Å². The summed E-state index contributed by atoms with van der Waals surface area (Å²) in [6.07, 6.45) is 10.2. The van der Waals surface area contributed by atoms with Crippen molar-refractivity contribution in [3.63, 3.8) is 0 Å². The molecular weight excluding hydrogens is 515 g/mol. The van der Waals surface area contributed by atoms with Crippen molar-refractivity contribution in [1.29, 1.82) is 0 Å². The first kappa shape index (κ1) is 26.6. The standard InChI is InChI=1S/C35H39FN2O3/c1-20-15-30(31(36)18-37-20)29-13-7-24(16-26(29)19-38(27-9-10-27)28-11-12-28)32-14-8-22-3-6-25(17-33(22)41-32)34(23-4-5-23)21(2)35(39)40/h3,6-7,13,15-18,21,23,27-28,32,34H,4-5,8-12,14,19H2,1-2H3,(H,39,40)/t21-,32?,34-/m0/s1. The number of benzene rings is 2. The van der Waals surface area contributed by atoms with Crippen LogP contribution in [0, 0.1) is 24.6 Å². The van der Waals surface area contributed by atoms with E-state index in [1.807, 2.05) is 19.9 Å². The Morgan fingerprint density at radius 2 is 1.78 bits per heavy atom. The summed E-state index contributed by atoms with van der Waals surface area (Å²) in [5.41, 5.74) is 6.89. The minimum absolute atomic E-state index is 0.0159. The second-order valence-electron chi connectivity index (χ2n) is 12.9. The zero-order valence-corrected chi connectivity index (χ0v) is 24.0. The minimum Gasteiger partial charge on any atom is -0.485 e. The Morgan fingerprint density at radius 3 is 2.46 bits per heavy atom. The van der Waals surface area contributed by atoms with Gasteiger partial charge in [-0.15, -0.1) is 0 Å². The average molecular weight is 555 g/mol. The monoisotopic (exact) mass is 554 g/mol. The highest BCUT2D eigenvalue weighted by Gasteiger charge is 2.40. The highest BCUT2D eigenvalue weighted by atomic mass is 19.1. The van der Waals surface area contributed by atoms with Gasteiger partial charge in [-0.1, -0.05) is 37.3 Å². The predicted octanol–water partition coefficient (Wildman–Crippen LogP) is 7.60. The Bertz CT molecular complexity index is 1460. The quantitative estimate of drug-likeness (QED) is 0.280. The molecule has 0 saturated heterocycles. The number of nitrogens with zero attached hydrogens (tertiary/aromatic N) is 2. The summed E-state index contributed by atoms with van der Waals surface area (Å²) >= 11 is 0. The maximum Gasteiger partial charge on any atom is 0.306 e. The van der Waals surface area contributed by atoms with Gasteiger partial charge in [-0.2, -0.15) is 0 Å². The number of rotatable bonds is 10. The summed E-state index contributed by atoms with van der Waals surface area (Å²) in [6.45, 7) is 4.56. The van der Waals surface area contributed by atoms with Crippen molar-refractivity contribution in [3.8, 4) is 16.9 Å². The van der Waals surface area contributed by atoms with Crippen LogP contribution in [0.1, 0.15) is 91.8 Å². The molecule has 1 aliphatic heterocycles. The van der Waals surface area contributed by atoms with Crippen LogP contribution in [-0.2, 0) is 17.8 Å². The topological polar surface area (TPSA) is 62.7 Å². The molecule has 3 saturated carbocycles. The molecule has 1 aromatic heterocycles. The van der Waals surface area contributed by atoms with Crippen LogP contribution in [0.2, 0.25) is 0 Å². The van der Waals surface area contributed by atoms with Crippen LogP contribution < -0.4 is 4.74 Å². The molecule has 1 N–H and O–H groups in total. The number of aliphatic carboxylic acids is 1. The number of ether oxygens (including phenoxy) is 1. The maximum atomic E-state index is 15.1. The number of fused-ring (bicyclic) bond motifs is 1. The van der Waals surface area contributed by atoms with Crippen LogP contribution in [0.5, 0.6) is 5.75 Å². The van der Waals surface area contributed by atoms with Gasteiger partial charge in [0.1, 0.15) is 17.7 Å². The highest BCUT2D eigenvalue weighted by Crippen LogP contribution is 2.48. The third-order valence-corrected chi connectivity index (χ3v) is 9.65. The molecule has 2 heterocycles. The fourth-order valence-corrected chi connectivity index (χ4v) is 6.93. The van der Waals surface area contributed by atoms with Gasteiger partial charge in [0.15, 0.2) is 0 Å². The summed E-state index contributed by atoms with van der Waals surface area (Å²) in [7, 11) is 0. The third kappa shape index (κ3) is 5.51. The zero-order valence-electron chi connectivity index (χ0n) is 24.0. The van der Waals surface area contributed by atoms with Crippen molar-refractivity contribution >= 4 is 5.97 Å². The third-order valence-electron chi connectivity index (χ3n) is 9.65. The van der Waals surface area contributed by atoms with Crippen LogP contribution in [-0.4, -0.2) is 33.0 Å². The SMILES string of the molecule is Cc1cc(-c2ccc(C3CCc4ccc([C@H](C5CC5)[C@H](C)C(=O)O)cc4O3)cc2CN(C2CC2)C2CC2)c(F)cn1. The lowest BCUT2D eigenvalue weighted by atomic mass is 9.82. The van der Waals surface area contributed by atoms with Crippen molar-refractivity contribution in [1.82, 2.24) is 9.88 Å². The van der Waals surface area contributed by atoms with E-state index in [9.17, 15) is 9.90 Å². The van der Waals surface area contributed by atoms with Crippen molar-refractivity contribution in [2.24, 2.45) is 11.8 Å². The molecular formula is C35H39FN2O3. The van der Waals surface area contributed by atoms with Crippen molar-refractivity contribution in [2.75, 3.05) is 0 Å². The van der Waals surface area contributed by atoms with E-state index in [1.165, 1.54) is 37.4 Å². The number of hydrogen-bond donors (Lipinski definition) is 1. The lowest BCUT2D eigenvalue weighted by Crippen LogP contribution is -2.28. The molecule has 7 rings (SSSR count). The number of carbonyl (C=O) groups is 1. The van der Waals surface area contributed by atoms with Gasteiger partial charge in [-0.3, -0.25) is 14.7 Å². The van der Waals surface area contributed by atoms with Gasteiger partial charge in [0.05, 0.1) is 12.1 Å². The van der Waals surface area contributed by atoms with Gasteiger partial charge in [0, 0.05) is 29.9 Å². The molecule has 4 aliphatic rings. The molecule has 2 aromatic carbocycles. The van der Waals surface area contributed by atoms with E-state index in [4.69, 9.17) is 4.74 Å². The van der Waals surface area contributed by atoms with Crippen molar-refractivity contribution in [2.45, 2.75) is 95.9 Å². The van der Waals surface area contributed by atoms with E-state index in [2.05, 4.69) is 46.3 Å². The number of carboxylic acid groups (broad SMARTS) is 1. The summed E-state index contributed by atoms with van der Waals surface area (Å²) in [4.78, 5) is 18.7. The van der Waals surface area contributed by atoms with Gasteiger partial charge in [0.2, 0.25) is 0 Å². The summed E-state index contributed by atoms with van der Waals surface area (Å²) in [6, 6.07) is 15.9. The van der Waals surface area contributed by atoms with Gasteiger partial charge >= 0.3 is 5.97 Å². The van der Waals surface area contributed by atoms with E-state index in [0.29, 0.717) is 23.6 Å². The molecule has 0 amide bonds. The molecule has 3 aromatic rings. The summed E-state index contributed by atoms with van der Waals surface area (Å²) < 4.78 is 21.7. The van der Waals surface area contributed by atoms with Crippen LogP contribution in [0.15, 0.2) is 48.7 Å². The molecule has 41 heavy (non-hydrogen) atoms. The van der Waals surface area contributed by atoms with Gasteiger partial charge in [-0.25, -0.2) is 4.39 Å². The maximum absolute atomic E-state index is 15.1. The summed E-state index contributed by atoms with van der Waals surface area (Å²) in [5.74, 6) is -0.119. The molecule has 214 valence electrons. The van der Waals surface area contributed by atoms with E-state index in [0.717, 1.165) is 65.9 Å². The molecule has 3 atom stereocenters. The molecule has 3 fully saturated rings. The van der Waals surface area contributed by atoms with Gasteiger partial charge in [-0.05, 0) is 110 Å². The highest BCUT2D eigenvalue weighted by molar-refractivity contribution is 5.71. The Morgan fingerprint density at radius 1 is 1.02 bits per heavy atom. The first-order valence-electron chi connectivity index (χ1n) is 15.4. The first-order chi connectivity index (χ1) is 19.9. The largest absolute Gasteiger partial charge is 0.485 e. The van der Waals surface area contributed by atoms with E-state index in [-0.39, 0.29) is 17.8 Å². The van der Waals surface area contributed by atoms with Crippen molar-refractivity contribution < 1.29 is 19.0 Å². The van der Waals surface area contributed by atoms with Gasteiger partial charge in [0.25, 0.3) is 0 Å². The Labute approximate surface area is 241 Å². The first-order valence-corrected chi connectivity index (χ1v) is 15.4. The molecule has 0 bridgehead atoms.